The number of aryl methyl sites for hydroxylation is 1. The second-order valence-electron chi connectivity index (χ2n) is 3.97. The third-order valence-electron chi connectivity index (χ3n) is 2.92. The van der Waals surface area contributed by atoms with Crippen molar-refractivity contribution in [3.63, 3.8) is 0 Å². The maximum atomic E-state index is 5.98. The number of fused-ring (bicyclic) bond motifs is 1. The van der Waals surface area contributed by atoms with Crippen LogP contribution in [0.25, 0.3) is 11.1 Å². The number of nitrogens with two attached hydrogens (primary N) is 1. The van der Waals surface area contributed by atoms with Gasteiger partial charge in [0.05, 0.1) is 12.8 Å². The molecule has 0 unspecified atom stereocenters. The van der Waals surface area contributed by atoms with Crippen molar-refractivity contribution in [2.24, 2.45) is 7.05 Å². The molecule has 1 aromatic heterocycles. The lowest BCUT2D eigenvalue weighted by Gasteiger charge is -2.20. The van der Waals surface area contributed by atoms with E-state index in [1.165, 1.54) is 0 Å². The highest BCUT2D eigenvalue weighted by Crippen LogP contribution is 2.37. The van der Waals surface area contributed by atoms with Crippen molar-refractivity contribution in [2.45, 2.75) is 6.61 Å². The summed E-state index contributed by atoms with van der Waals surface area (Å²) in [5.74, 6) is 1.48. The van der Waals surface area contributed by atoms with E-state index in [1.807, 2.05) is 25.2 Å². The number of aromatic nitrogens is 2. The topological polar surface area (TPSA) is 62.3 Å². The molecule has 2 aromatic rings. The molecule has 2 heterocycles. The van der Waals surface area contributed by atoms with Crippen molar-refractivity contribution >= 4 is 5.82 Å². The molecule has 0 atom stereocenters. The maximum absolute atomic E-state index is 5.98. The fourth-order valence-electron chi connectivity index (χ4n) is 1.99. The average molecular weight is 231 g/mol. The minimum atomic E-state index is 0.282. The molecular weight excluding hydrogens is 218 g/mol. The fourth-order valence-corrected chi connectivity index (χ4v) is 1.99. The van der Waals surface area contributed by atoms with Crippen LogP contribution in [0.5, 0.6) is 5.75 Å². The Labute approximate surface area is 98.8 Å². The molecule has 0 fully saturated rings. The van der Waals surface area contributed by atoms with E-state index >= 15 is 0 Å². The molecule has 0 amide bonds. The Kier molecular flexibility index (Phi) is 2.26. The molecule has 5 nitrogen and oxygen atoms in total. The number of anilines is 1. The molecule has 2 N–H and O–H groups in total. The Hall–Kier alpha value is -2.01. The first-order chi connectivity index (χ1) is 8.27. The SMILES string of the molecule is Cn1ncc(-c2cccc3c2OCOC3)c1N. The van der Waals surface area contributed by atoms with Gasteiger partial charge in [0.2, 0.25) is 0 Å². The van der Waals surface area contributed by atoms with Gasteiger partial charge in [0.1, 0.15) is 11.6 Å². The quantitative estimate of drug-likeness (QED) is 0.808. The normalized spacial score (nSPS) is 14.2. The largest absolute Gasteiger partial charge is 0.467 e. The lowest BCUT2D eigenvalue weighted by atomic mass is 10.0. The average Bonchev–Trinajstić information content (AvgIpc) is 2.69. The second-order valence-corrected chi connectivity index (χ2v) is 3.97. The molecule has 5 heteroatoms. The zero-order valence-corrected chi connectivity index (χ0v) is 9.51. The van der Waals surface area contributed by atoms with Crippen molar-refractivity contribution in [1.29, 1.82) is 0 Å². The van der Waals surface area contributed by atoms with Crippen molar-refractivity contribution in [3.05, 3.63) is 30.0 Å². The summed E-state index contributed by atoms with van der Waals surface area (Å²) in [6.07, 6.45) is 1.75. The van der Waals surface area contributed by atoms with Crippen LogP contribution in [0.2, 0.25) is 0 Å². The van der Waals surface area contributed by atoms with Gasteiger partial charge in [-0.25, -0.2) is 0 Å². The summed E-state index contributed by atoms with van der Waals surface area (Å²) in [7, 11) is 1.82. The van der Waals surface area contributed by atoms with E-state index in [0.717, 1.165) is 22.4 Å². The highest BCUT2D eigenvalue weighted by molar-refractivity contribution is 5.79. The van der Waals surface area contributed by atoms with E-state index in [0.29, 0.717) is 12.4 Å². The van der Waals surface area contributed by atoms with Gasteiger partial charge in [-0.15, -0.1) is 0 Å². The predicted molar refractivity (Wildman–Crippen MR) is 63.3 cm³/mol. The first-order valence-corrected chi connectivity index (χ1v) is 5.37. The van der Waals surface area contributed by atoms with Gasteiger partial charge in [0.25, 0.3) is 0 Å². The Morgan fingerprint density at radius 1 is 1.35 bits per heavy atom. The molecule has 0 spiro atoms. The van der Waals surface area contributed by atoms with Gasteiger partial charge in [-0.3, -0.25) is 4.68 Å². The summed E-state index contributed by atoms with van der Waals surface area (Å²) in [4.78, 5) is 0. The molecule has 0 saturated heterocycles. The zero-order chi connectivity index (χ0) is 11.8. The number of hydrogen-bond donors (Lipinski definition) is 1. The number of rotatable bonds is 1. The lowest BCUT2D eigenvalue weighted by Crippen LogP contribution is -2.12. The summed E-state index contributed by atoms with van der Waals surface area (Å²) in [5, 5.41) is 4.15. The number of nitrogens with zero attached hydrogens (tertiary/aromatic N) is 2. The van der Waals surface area contributed by atoms with Crippen molar-refractivity contribution in [1.82, 2.24) is 9.78 Å². The van der Waals surface area contributed by atoms with Crippen LogP contribution >= 0.6 is 0 Å². The van der Waals surface area contributed by atoms with Crippen LogP contribution in [0.3, 0.4) is 0 Å². The van der Waals surface area contributed by atoms with E-state index in [1.54, 1.807) is 10.9 Å². The van der Waals surface area contributed by atoms with E-state index in [-0.39, 0.29) is 6.79 Å². The lowest BCUT2D eigenvalue weighted by molar-refractivity contribution is -0.0159. The fraction of sp³-hybridized carbons (Fsp3) is 0.250. The van der Waals surface area contributed by atoms with E-state index in [2.05, 4.69) is 5.10 Å². The zero-order valence-electron chi connectivity index (χ0n) is 9.51. The maximum Gasteiger partial charge on any atom is 0.189 e. The van der Waals surface area contributed by atoms with Crippen LogP contribution in [-0.2, 0) is 18.4 Å². The Balaban J connectivity index is 2.18. The van der Waals surface area contributed by atoms with Gasteiger partial charge >= 0.3 is 0 Å². The number of benzene rings is 1. The third-order valence-corrected chi connectivity index (χ3v) is 2.92. The molecule has 0 bridgehead atoms. The van der Waals surface area contributed by atoms with Gasteiger partial charge in [-0.05, 0) is 0 Å². The van der Waals surface area contributed by atoms with Crippen LogP contribution in [0.15, 0.2) is 24.4 Å². The summed E-state index contributed by atoms with van der Waals surface area (Å²) in [5.41, 5.74) is 8.88. The molecule has 0 radical (unpaired) electrons. The van der Waals surface area contributed by atoms with E-state index in [4.69, 9.17) is 15.2 Å². The van der Waals surface area contributed by atoms with Crippen LogP contribution in [0, 0.1) is 0 Å². The summed E-state index contributed by atoms with van der Waals surface area (Å²) < 4.78 is 12.5. The van der Waals surface area contributed by atoms with Crippen LogP contribution in [0.4, 0.5) is 5.82 Å². The Morgan fingerprint density at radius 2 is 2.24 bits per heavy atom. The van der Waals surface area contributed by atoms with Crippen molar-refractivity contribution in [2.75, 3.05) is 12.5 Å². The number of nitrogen functional groups attached to an aromatic ring is 1. The molecule has 1 aromatic carbocycles. The van der Waals surface area contributed by atoms with Gasteiger partial charge in [0, 0.05) is 23.7 Å². The van der Waals surface area contributed by atoms with Crippen LogP contribution < -0.4 is 10.5 Å². The molecular formula is C12H13N3O2. The highest BCUT2D eigenvalue weighted by atomic mass is 16.7. The first kappa shape index (κ1) is 10.2. The van der Waals surface area contributed by atoms with Gasteiger partial charge in [-0.1, -0.05) is 18.2 Å². The number of hydrogen-bond acceptors (Lipinski definition) is 4. The molecule has 1 aliphatic rings. The molecule has 1 aliphatic heterocycles. The monoisotopic (exact) mass is 231 g/mol. The number of para-hydroxylation sites is 1. The molecule has 0 aliphatic carbocycles. The minimum absolute atomic E-state index is 0.282. The standard InChI is InChI=1S/C12H13N3O2/c1-15-12(13)10(5-14-15)9-4-2-3-8-6-16-7-17-11(8)9/h2-5H,6-7,13H2,1H3. The molecule has 88 valence electrons. The summed E-state index contributed by atoms with van der Waals surface area (Å²) >= 11 is 0. The highest BCUT2D eigenvalue weighted by Gasteiger charge is 2.18. The Morgan fingerprint density at radius 3 is 3.00 bits per heavy atom. The molecule has 3 rings (SSSR count). The van der Waals surface area contributed by atoms with Gasteiger partial charge in [-0.2, -0.15) is 5.10 Å². The number of ether oxygens (including phenoxy) is 2. The molecule has 17 heavy (non-hydrogen) atoms. The van der Waals surface area contributed by atoms with Crippen molar-refractivity contribution in [3.8, 4) is 16.9 Å². The second kappa shape index (κ2) is 3.78. The third kappa shape index (κ3) is 1.55. The van der Waals surface area contributed by atoms with Gasteiger partial charge < -0.3 is 15.2 Å². The van der Waals surface area contributed by atoms with E-state index < -0.39 is 0 Å². The molecule has 0 saturated carbocycles. The Bertz CT molecular complexity index is 563. The van der Waals surface area contributed by atoms with Crippen LogP contribution in [0.1, 0.15) is 5.56 Å². The minimum Gasteiger partial charge on any atom is -0.467 e. The van der Waals surface area contributed by atoms with E-state index in [9.17, 15) is 0 Å². The summed E-state index contributed by atoms with van der Waals surface area (Å²) in [6, 6.07) is 5.95. The van der Waals surface area contributed by atoms with Gasteiger partial charge in [0.15, 0.2) is 6.79 Å². The smallest absolute Gasteiger partial charge is 0.189 e. The van der Waals surface area contributed by atoms with Crippen molar-refractivity contribution < 1.29 is 9.47 Å². The summed E-state index contributed by atoms with van der Waals surface area (Å²) in [6.45, 7) is 0.855. The first-order valence-electron chi connectivity index (χ1n) is 5.37. The van der Waals surface area contributed by atoms with Crippen LogP contribution in [-0.4, -0.2) is 16.6 Å². The predicted octanol–water partition coefficient (Wildman–Crippen LogP) is 1.54.